The Bertz CT molecular complexity index is 1290. The molecule has 9 nitrogen and oxygen atoms in total. The van der Waals surface area contributed by atoms with Crippen LogP contribution in [0.25, 0.3) is 0 Å². The highest BCUT2D eigenvalue weighted by Gasteiger charge is 2.37. The number of nitrogens with zero attached hydrogens (tertiary/aromatic N) is 1. The summed E-state index contributed by atoms with van der Waals surface area (Å²) in [6.07, 6.45) is 0. The fourth-order valence-corrected chi connectivity index (χ4v) is 3.27. The molecule has 0 aliphatic carbocycles. The molecule has 0 radical (unpaired) electrons. The molecule has 3 aromatic rings. The predicted octanol–water partition coefficient (Wildman–Crippen LogP) is 3.14. The van der Waals surface area contributed by atoms with Gasteiger partial charge in [-0.1, -0.05) is 0 Å². The summed E-state index contributed by atoms with van der Waals surface area (Å²) in [6.45, 7) is 0. The van der Waals surface area contributed by atoms with Crippen molar-refractivity contribution in [1.29, 1.82) is 0 Å². The van der Waals surface area contributed by atoms with E-state index in [0.717, 1.165) is 4.90 Å². The summed E-state index contributed by atoms with van der Waals surface area (Å²) in [5.74, 6) is -3.97. The third-order valence-corrected chi connectivity index (χ3v) is 4.91. The second-order valence-corrected chi connectivity index (χ2v) is 6.89. The van der Waals surface area contributed by atoms with Crippen molar-refractivity contribution >= 4 is 41.0 Å². The summed E-state index contributed by atoms with van der Waals surface area (Å²) >= 11 is 0. The molecule has 32 heavy (non-hydrogen) atoms. The normalized spacial score (nSPS) is 12.4. The van der Waals surface area contributed by atoms with Crippen LogP contribution in [-0.4, -0.2) is 39.9 Å². The third kappa shape index (κ3) is 3.58. The molecule has 0 fully saturated rings. The first kappa shape index (κ1) is 20.5. The largest absolute Gasteiger partial charge is 0.478 e. The number of carboxylic acid groups (broad SMARTS) is 2. The van der Waals surface area contributed by atoms with Crippen LogP contribution in [0.4, 0.5) is 11.4 Å². The van der Waals surface area contributed by atoms with Gasteiger partial charge in [0, 0.05) is 11.3 Å². The summed E-state index contributed by atoms with van der Waals surface area (Å²) in [7, 11) is 0. The maximum absolute atomic E-state index is 12.9. The van der Waals surface area contributed by atoms with Crippen LogP contribution in [0, 0.1) is 0 Å². The minimum Gasteiger partial charge on any atom is -0.478 e. The van der Waals surface area contributed by atoms with Gasteiger partial charge in [-0.3, -0.25) is 14.4 Å². The number of hydrogen-bond donors (Lipinski definition) is 3. The van der Waals surface area contributed by atoms with Gasteiger partial charge in [-0.05, 0) is 66.7 Å². The monoisotopic (exact) mass is 430 g/mol. The molecule has 9 heteroatoms. The number of amides is 3. The average molecular weight is 430 g/mol. The van der Waals surface area contributed by atoms with Crippen molar-refractivity contribution in [2.75, 3.05) is 10.2 Å². The molecular formula is C23H14N2O7. The highest BCUT2D eigenvalue weighted by molar-refractivity contribution is 6.34. The molecule has 3 aromatic carbocycles. The number of anilines is 2. The first-order chi connectivity index (χ1) is 15.3. The summed E-state index contributed by atoms with van der Waals surface area (Å²) < 4.78 is 0. The van der Waals surface area contributed by atoms with Crippen molar-refractivity contribution in [3.8, 4) is 0 Å². The Morgan fingerprint density at radius 3 is 1.72 bits per heavy atom. The molecule has 158 valence electrons. The molecule has 0 saturated carbocycles. The lowest BCUT2D eigenvalue weighted by Gasteiger charge is -2.13. The molecule has 3 amide bonds. The molecule has 1 aliphatic rings. The number of aromatic carboxylic acids is 2. The van der Waals surface area contributed by atoms with Crippen LogP contribution >= 0.6 is 0 Å². The number of imide groups is 1. The van der Waals surface area contributed by atoms with Crippen LogP contribution in [0.2, 0.25) is 0 Å². The summed E-state index contributed by atoms with van der Waals surface area (Å²) in [4.78, 5) is 61.0. The zero-order valence-electron chi connectivity index (χ0n) is 16.2. The lowest BCUT2D eigenvalue weighted by atomic mass is 10.1. The van der Waals surface area contributed by atoms with Crippen LogP contribution in [0.5, 0.6) is 0 Å². The topological polar surface area (TPSA) is 141 Å². The van der Waals surface area contributed by atoms with Gasteiger partial charge in [-0.15, -0.1) is 0 Å². The second-order valence-electron chi connectivity index (χ2n) is 6.89. The fourth-order valence-electron chi connectivity index (χ4n) is 3.27. The van der Waals surface area contributed by atoms with Gasteiger partial charge in [-0.2, -0.15) is 0 Å². The van der Waals surface area contributed by atoms with E-state index in [2.05, 4.69) is 5.32 Å². The van der Waals surface area contributed by atoms with Crippen LogP contribution in [0.1, 0.15) is 51.8 Å². The van der Waals surface area contributed by atoms with Crippen molar-refractivity contribution in [3.05, 3.63) is 94.5 Å². The van der Waals surface area contributed by atoms with E-state index < -0.39 is 29.7 Å². The molecule has 4 rings (SSSR count). The SMILES string of the molecule is O=C(O)c1ccc(NC(=O)c2ccc3c(c2)C(=O)N(c2ccc(C(=O)O)cc2)C3=O)cc1. The second kappa shape index (κ2) is 7.80. The molecule has 0 atom stereocenters. The van der Waals surface area contributed by atoms with Gasteiger partial charge in [0.25, 0.3) is 17.7 Å². The van der Waals surface area contributed by atoms with E-state index in [1.54, 1.807) is 0 Å². The molecule has 0 aromatic heterocycles. The van der Waals surface area contributed by atoms with E-state index >= 15 is 0 Å². The van der Waals surface area contributed by atoms with Crippen molar-refractivity contribution in [3.63, 3.8) is 0 Å². The first-order valence-electron chi connectivity index (χ1n) is 9.27. The van der Waals surface area contributed by atoms with E-state index in [1.165, 1.54) is 66.7 Å². The minimum absolute atomic E-state index is 0.0145. The Kier molecular flexibility index (Phi) is 4.99. The van der Waals surface area contributed by atoms with Gasteiger partial charge >= 0.3 is 11.9 Å². The lowest BCUT2D eigenvalue weighted by Crippen LogP contribution is -2.29. The zero-order valence-corrected chi connectivity index (χ0v) is 16.2. The number of hydrogen-bond acceptors (Lipinski definition) is 5. The zero-order chi connectivity index (χ0) is 23.0. The number of carbonyl (C=O) groups is 5. The number of carbonyl (C=O) groups excluding carboxylic acids is 3. The predicted molar refractivity (Wildman–Crippen MR) is 112 cm³/mol. The molecule has 1 heterocycles. The van der Waals surface area contributed by atoms with Crippen LogP contribution in [0.3, 0.4) is 0 Å². The number of nitrogens with one attached hydrogen (secondary N) is 1. The van der Waals surface area contributed by atoms with Gasteiger partial charge in [-0.25, -0.2) is 14.5 Å². The first-order valence-corrected chi connectivity index (χ1v) is 9.27. The van der Waals surface area contributed by atoms with E-state index in [0.29, 0.717) is 5.69 Å². The van der Waals surface area contributed by atoms with Crippen LogP contribution in [0.15, 0.2) is 66.7 Å². The Hall–Kier alpha value is -4.79. The maximum Gasteiger partial charge on any atom is 0.335 e. The Labute approximate surface area is 180 Å². The molecule has 0 saturated heterocycles. The summed E-state index contributed by atoms with van der Waals surface area (Å²) in [5.41, 5.74) is 0.969. The summed E-state index contributed by atoms with van der Waals surface area (Å²) in [5, 5.41) is 20.5. The van der Waals surface area contributed by atoms with Gasteiger partial charge in [0.05, 0.1) is 27.9 Å². The minimum atomic E-state index is -1.13. The Morgan fingerprint density at radius 2 is 1.16 bits per heavy atom. The van der Waals surface area contributed by atoms with Crippen molar-refractivity contribution in [2.24, 2.45) is 0 Å². The number of carboxylic acids is 2. The summed E-state index contributed by atoms with van der Waals surface area (Å²) in [6, 6.07) is 14.9. The van der Waals surface area contributed by atoms with Crippen LogP contribution < -0.4 is 10.2 Å². The molecular weight excluding hydrogens is 416 g/mol. The Balaban J connectivity index is 1.57. The van der Waals surface area contributed by atoms with E-state index in [9.17, 15) is 24.0 Å². The standard InChI is InChI=1S/C23H14N2O7/c26-19(24-15-6-1-12(2-7-15)22(29)30)14-5-10-17-18(11-14)21(28)25(20(17)27)16-8-3-13(4-9-16)23(31)32/h1-11H,(H,24,26)(H,29,30)(H,31,32). The number of fused-ring (bicyclic) bond motifs is 1. The van der Waals surface area contributed by atoms with Gasteiger partial charge < -0.3 is 15.5 Å². The average Bonchev–Trinajstić information content (AvgIpc) is 3.03. The number of benzene rings is 3. The van der Waals surface area contributed by atoms with Gasteiger partial charge in [0.15, 0.2) is 0 Å². The molecule has 0 spiro atoms. The van der Waals surface area contributed by atoms with Crippen LogP contribution in [-0.2, 0) is 0 Å². The highest BCUT2D eigenvalue weighted by atomic mass is 16.4. The van der Waals surface area contributed by atoms with Crippen molar-refractivity contribution < 1.29 is 34.2 Å². The van der Waals surface area contributed by atoms with Gasteiger partial charge in [0.2, 0.25) is 0 Å². The number of rotatable bonds is 5. The van der Waals surface area contributed by atoms with Gasteiger partial charge in [0.1, 0.15) is 0 Å². The quantitative estimate of drug-likeness (QED) is 0.528. The smallest absolute Gasteiger partial charge is 0.335 e. The molecule has 3 N–H and O–H groups in total. The lowest BCUT2D eigenvalue weighted by molar-refractivity contribution is 0.0686. The fraction of sp³-hybridized carbons (Fsp3) is 0. The van der Waals surface area contributed by atoms with Crippen molar-refractivity contribution in [1.82, 2.24) is 0 Å². The van der Waals surface area contributed by atoms with Crippen molar-refractivity contribution in [2.45, 2.75) is 0 Å². The van der Waals surface area contributed by atoms with E-state index in [1.807, 2.05) is 0 Å². The molecule has 1 aliphatic heterocycles. The molecule has 0 bridgehead atoms. The van der Waals surface area contributed by atoms with E-state index in [4.69, 9.17) is 10.2 Å². The highest BCUT2D eigenvalue weighted by Crippen LogP contribution is 2.29. The Morgan fingerprint density at radius 1 is 0.656 bits per heavy atom. The third-order valence-electron chi connectivity index (χ3n) is 4.91. The van der Waals surface area contributed by atoms with E-state index in [-0.39, 0.29) is 33.5 Å². The maximum atomic E-state index is 12.9. The molecule has 0 unspecified atom stereocenters.